The minimum atomic E-state index is -0.946. The van der Waals surface area contributed by atoms with Crippen LogP contribution in [0.25, 0.3) is 22.2 Å². The van der Waals surface area contributed by atoms with E-state index in [9.17, 15) is 14.7 Å². The summed E-state index contributed by atoms with van der Waals surface area (Å²) in [6.07, 6.45) is 0.250. The smallest absolute Gasteiger partial charge is 0.256 e. The van der Waals surface area contributed by atoms with Crippen LogP contribution in [0.3, 0.4) is 0 Å². The predicted octanol–water partition coefficient (Wildman–Crippen LogP) is 6.11. The molecule has 44 heavy (non-hydrogen) atoms. The van der Waals surface area contributed by atoms with Gasteiger partial charge in [0, 0.05) is 28.5 Å². The maximum absolute atomic E-state index is 13.6. The van der Waals surface area contributed by atoms with E-state index in [1.807, 2.05) is 103 Å². The van der Waals surface area contributed by atoms with E-state index >= 15 is 0 Å². The number of pyridine rings is 1. The molecule has 1 aliphatic rings. The summed E-state index contributed by atoms with van der Waals surface area (Å²) in [5, 5.41) is 14.9. The summed E-state index contributed by atoms with van der Waals surface area (Å²) in [7, 11) is 0. The van der Waals surface area contributed by atoms with Crippen LogP contribution < -0.4 is 10.1 Å². The molecule has 7 nitrogen and oxygen atoms in total. The second kappa shape index (κ2) is 13.1. The second-order valence-electron chi connectivity index (χ2n) is 11.0. The molecule has 2 heterocycles. The molecule has 0 spiro atoms. The molecular weight excluding hydrogens is 550 g/mol. The summed E-state index contributed by atoms with van der Waals surface area (Å²) in [4.78, 5) is 33.3. The van der Waals surface area contributed by atoms with Crippen LogP contribution in [0.1, 0.15) is 46.4 Å². The summed E-state index contributed by atoms with van der Waals surface area (Å²) in [6.45, 7) is 2.34. The van der Waals surface area contributed by atoms with E-state index in [0.29, 0.717) is 23.4 Å². The van der Waals surface area contributed by atoms with E-state index in [2.05, 4.69) is 12.2 Å². The molecular formula is C37H35N3O4. The molecule has 2 N–H and O–H groups in total. The number of carbonyl (C=O) groups excluding carboxylic acids is 2. The Bertz CT molecular complexity index is 1770. The molecule has 0 saturated carbocycles. The lowest BCUT2D eigenvalue weighted by Gasteiger charge is -2.33. The van der Waals surface area contributed by atoms with Crippen molar-refractivity contribution in [3.05, 3.63) is 131 Å². The van der Waals surface area contributed by atoms with Crippen molar-refractivity contribution in [3.8, 4) is 17.0 Å². The number of ether oxygens (including phenoxy) is 1. The molecule has 0 radical (unpaired) electrons. The third-order valence-electron chi connectivity index (χ3n) is 8.13. The molecule has 1 unspecified atom stereocenters. The van der Waals surface area contributed by atoms with Gasteiger partial charge in [-0.1, -0.05) is 104 Å². The molecule has 0 fully saturated rings. The Morgan fingerprint density at radius 2 is 1.64 bits per heavy atom. The average molecular weight is 586 g/mol. The molecule has 7 heteroatoms. The van der Waals surface area contributed by atoms with E-state index in [1.165, 1.54) is 4.90 Å². The summed E-state index contributed by atoms with van der Waals surface area (Å²) >= 11 is 0. The fourth-order valence-electron chi connectivity index (χ4n) is 5.90. The van der Waals surface area contributed by atoms with E-state index in [-0.39, 0.29) is 37.4 Å². The van der Waals surface area contributed by atoms with E-state index in [0.717, 1.165) is 39.6 Å². The molecule has 5 aromatic rings. The van der Waals surface area contributed by atoms with Gasteiger partial charge >= 0.3 is 0 Å². The Morgan fingerprint density at radius 3 is 2.41 bits per heavy atom. The molecule has 1 aromatic heterocycles. The molecule has 6 rings (SSSR count). The van der Waals surface area contributed by atoms with Gasteiger partial charge in [-0.15, -0.1) is 0 Å². The highest BCUT2D eigenvalue weighted by Gasteiger charge is 2.31. The number of amides is 2. The third kappa shape index (κ3) is 6.05. The lowest BCUT2D eigenvalue weighted by atomic mass is 9.98. The van der Waals surface area contributed by atoms with E-state index < -0.39 is 6.23 Å². The van der Waals surface area contributed by atoms with Crippen molar-refractivity contribution in [2.24, 2.45) is 0 Å². The number of benzene rings is 4. The fraction of sp³-hybridized carbons (Fsp3) is 0.216. The van der Waals surface area contributed by atoms with Crippen LogP contribution in [0.15, 0.2) is 109 Å². The lowest BCUT2D eigenvalue weighted by Crippen LogP contribution is -2.47. The van der Waals surface area contributed by atoms with Crippen LogP contribution in [0.5, 0.6) is 5.75 Å². The van der Waals surface area contributed by atoms with Gasteiger partial charge in [-0.05, 0) is 29.7 Å². The normalized spacial score (nSPS) is 15.1. The number of hydrogen-bond donors (Lipinski definition) is 2. The fourth-order valence-corrected chi connectivity index (χ4v) is 5.90. The third-order valence-corrected chi connectivity index (χ3v) is 8.13. The Morgan fingerprint density at radius 1 is 0.955 bits per heavy atom. The zero-order valence-corrected chi connectivity index (χ0v) is 24.6. The zero-order chi connectivity index (χ0) is 30.5. The number of rotatable bonds is 10. The van der Waals surface area contributed by atoms with Gasteiger partial charge in [0.15, 0.2) is 0 Å². The number of aromatic nitrogens is 1. The molecule has 1 aliphatic heterocycles. The van der Waals surface area contributed by atoms with Gasteiger partial charge in [0.05, 0.1) is 24.5 Å². The topological polar surface area (TPSA) is 91.8 Å². The first-order valence-corrected chi connectivity index (χ1v) is 15.0. The number of nitrogens with one attached hydrogen (secondary N) is 1. The van der Waals surface area contributed by atoms with Crippen LogP contribution in [-0.2, 0) is 17.6 Å². The van der Waals surface area contributed by atoms with Gasteiger partial charge in [0.1, 0.15) is 24.3 Å². The quantitative estimate of drug-likeness (QED) is 0.206. The molecule has 2 amide bonds. The number of para-hydroxylation sites is 1. The Balaban J connectivity index is 1.33. The predicted molar refractivity (Wildman–Crippen MR) is 171 cm³/mol. The van der Waals surface area contributed by atoms with Crippen molar-refractivity contribution >= 4 is 22.7 Å². The SMILES string of the molecule is CC[C@H](NC(=O)Cc1c(OCCN2C(=O)c3ccccc3CC2O)c(-c2ccccc2)nc2ccccc12)c1ccccc1. The van der Waals surface area contributed by atoms with Crippen LogP contribution in [-0.4, -0.2) is 46.2 Å². The highest BCUT2D eigenvalue weighted by Crippen LogP contribution is 2.37. The highest BCUT2D eigenvalue weighted by atomic mass is 16.5. The van der Waals surface area contributed by atoms with Crippen LogP contribution >= 0.6 is 0 Å². The Labute approximate surface area is 257 Å². The summed E-state index contributed by atoms with van der Waals surface area (Å²) in [5.41, 5.74) is 5.45. The van der Waals surface area contributed by atoms with Crippen molar-refractivity contribution in [1.82, 2.24) is 15.2 Å². The molecule has 222 valence electrons. The van der Waals surface area contributed by atoms with Crippen molar-refractivity contribution < 1.29 is 19.4 Å². The number of aliphatic hydroxyl groups is 1. The maximum atomic E-state index is 13.6. The largest absolute Gasteiger partial charge is 0.489 e. The minimum Gasteiger partial charge on any atom is -0.489 e. The van der Waals surface area contributed by atoms with Crippen LogP contribution in [0.4, 0.5) is 0 Å². The van der Waals surface area contributed by atoms with Crippen LogP contribution in [0.2, 0.25) is 0 Å². The second-order valence-corrected chi connectivity index (χ2v) is 11.0. The lowest BCUT2D eigenvalue weighted by molar-refractivity contribution is -0.121. The van der Waals surface area contributed by atoms with Gasteiger partial charge in [0.2, 0.25) is 5.91 Å². The number of aliphatic hydroxyl groups excluding tert-OH is 1. The maximum Gasteiger partial charge on any atom is 0.256 e. The standard InChI is InChI=1S/C37H35N3O4/c1-2-31(25-13-5-3-6-14-25)38-33(41)24-30-29-19-11-12-20-32(29)39-35(26-15-7-4-8-16-26)36(30)44-22-21-40-34(42)23-27-17-9-10-18-28(27)37(40)43/h3-20,31,34,42H,2,21-24H2,1H3,(H,38,41)/t31-,34?/m0/s1. The molecule has 2 atom stereocenters. The first-order valence-electron chi connectivity index (χ1n) is 15.0. The summed E-state index contributed by atoms with van der Waals surface area (Å²) in [6, 6.07) is 34.7. The Kier molecular flexibility index (Phi) is 8.66. The minimum absolute atomic E-state index is 0.0835. The Hall–Kier alpha value is -5.01. The molecule has 0 aliphatic carbocycles. The summed E-state index contributed by atoms with van der Waals surface area (Å²) < 4.78 is 6.49. The number of carbonyl (C=O) groups is 2. The molecule has 4 aromatic carbocycles. The van der Waals surface area contributed by atoms with E-state index in [1.54, 1.807) is 6.07 Å². The zero-order valence-electron chi connectivity index (χ0n) is 24.6. The number of nitrogens with zero attached hydrogens (tertiary/aromatic N) is 2. The van der Waals surface area contributed by atoms with Gasteiger partial charge in [0.25, 0.3) is 5.91 Å². The molecule has 0 bridgehead atoms. The molecule has 0 saturated heterocycles. The first kappa shape index (κ1) is 29.1. The van der Waals surface area contributed by atoms with Gasteiger partial charge < -0.3 is 20.1 Å². The summed E-state index contributed by atoms with van der Waals surface area (Å²) in [5.74, 6) is 0.144. The van der Waals surface area contributed by atoms with Crippen molar-refractivity contribution in [3.63, 3.8) is 0 Å². The van der Waals surface area contributed by atoms with Crippen molar-refractivity contribution in [2.75, 3.05) is 13.2 Å². The monoisotopic (exact) mass is 585 g/mol. The van der Waals surface area contributed by atoms with Crippen molar-refractivity contribution in [2.45, 2.75) is 38.5 Å². The number of fused-ring (bicyclic) bond motifs is 2. The first-order chi connectivity index (χ1) is 21.5. The van der Waals surface area contributed by atoms with Crippen LogP contribution in [0, 0.1) is 0 Å². The average Bonchev–Trinajstić information content (AvgIpc) is 3.06. The number of hydrogen-bond acceptors (Lipinski definition) is 5. The highest BCUT2D eigenvalue weighted by molar-refractivity contribution is 5.97. The van der Waals surface area contributed by atoms with Gasteiger partial charge in [-0.2, -0.15) is 0 Å². The van der Waals surface area contributed by atoms with Gasteiger partial charge in [-0.25, -0.2) is 4.98 Å². The van der Waals surface area contributed by atoms with E-state index in [4.69, 9.17) is 9.72 Å². The van der Waals surface area contributed by atoms with Gasteiger partial charge in [-0.3, -0.25) is 9.59 Å². The van der Waals surface area contributed by atoms with Crippen molar-refractivity contribution in [1.29, 1.82) is 0 Å².